The van der Waals surface area contributed by atoms with Gasteiger partial charge in [-0.15, -0.1) is 0 Å². The van der Waals surface area contributed by atoms with Gasteiger partial charge < -0.3 is 20.4 Å². The molecule has 0 radical (unpaired) electrons. The molecule has 6 nitrogen and oxygen atoms in total. The van der Waals surface area contributed by atoms with Gasteiger partial charge >= 0.3 is 0 Å². The molecule has 7 heteroatoms. The Morgan fingerprint density at radius 3 is 2.59 bits per heavy atom. The van der Waals surface area contributed by atoms with Gasteiger partial charge in [-0.25, -0.2) is 4.98 Å². The van der Waals surface area contributed by atoms with Crippen molar-refractivity contribution in [2.75, 3.05) is 11.9 Å². The van der Waals surface area contributed by atoms with Gasteiger partial charge in [0.25, 0.3) is 0 Å². The number of hydrogen-bond donors (Lipinski definition) is 2. The van der Waals surface area contributed by atoms with E-state index >= 15 is 0 Å². The first-order valence-electron chi connectivity index (χ1n) is 9.11. The third-order valence-corrected chi connectivity index (χ3v) is 5.17. The number of para-hydroxylation sites is 2. The molecule has 4 aromatic rings. The number of benzene rings is 3. The van der Waals surface area contributed by atoms with Crippen molar-refractivity contribution >= 4 is 44.5 Å². The summed E-state index contributed by atoms with van der Waals surface area (Å²) < 4.78 is 8.82. The number of halogens is 1. The number of amides is 1. The molecule has 0 saturated carbocycles. The second-order valence-corrected chi connectivity index (χ2v) is 7.28. The van der Waals surface area contributed by atoms with E-state index in [-0.39, 0.29) is 0 Å². The molecule has 0 aliphatic heterocycles. The summed E-state index contributed by atoms with van der Waals surface area (Å²) in [6, 6.07) is 22.8. The lowest BCUT2D eigenvalue weighted by molar-refractivity contribution is 0.100. The standard InChI is InChI=1S/C22H19BrN4O2/c23-17-8-4-5-9-18(17)25-22-26-19-14-15(21(24)28)10-11-20(19)27(22)12-13-29-16-6-2-1-3-7-16/h1-11,14H,12-13H2,(H2,24,28)(H,25,26). The van der Waals surface area contributed by atoms with E-state index in [4.69, 9.17) is 10.5 Å². The van der Waals surface area contributed by atoms with Crippen molar-refractivity contribution in [2.24, 2.45) is 5.73 Å². The van der Waals surface area contributed by atoms with Gasteiger partial charge in [0.2, 0.25) is 11.9 Å². The molecule has 0 aliphatic rings. The minimum absolute atomic E-state index is 0.426. The highest BCUT2D eigenvalue weighted by molar-refractivity contribution is 9.10. The highest BCUT2D eigenvalue weighted by Crippen LogP contribution is 2.28. The lowest BCUT2D eigenvalue weighted by Gasteiger charge is -2.13. The number of carbonyl (C=O) groups is 1. The van der Waals surface area contributed by atoms with E-state index in [0.717, 1.165) is 21.4 Å². The Hall–Kier alpha value is -3.32. The number of nitrogens with two attached hydrogens (primary N) is 1. The van der Waals surface area contributed by atoms with Crippen molar-refractivity contribution in [3.8, 4) is 5.75 Å². The van der Waals surface area contributed by atoms with Gasteiger partial charge in [0.1, 0.15) is 12.4 Å². The molecule has 0 spiro atoms. The summed E-state index contributed by atoms with van der Waals surface area (Å²) in [5.41, 5.74) is 8.32. The first-order chi connectivity index (χ1) is 14.1. The van der Waals surface area contributed by atoms with Crippen LogP contribution in [-0.4, -0.2) is 22.1 Å². The van der Waals surface area contributed by atoms with E-state index in [1.165, 1.54) is 0 Å². The summed E-state index contributed by atoms with van der Waals surface area (Å²) in [5, 5.41) is 3.36. The monoisotopic (exact) mass is 450 g/mol. The number of primary amides is 1. The van der Waals surface area contributed by atoms with Gasteiger partial charge in [-0.2, -0.15) is 0 Å². The van der Waals surface area contributed by atoms with Gasteiger partial charge in [0, 0.05) is 10.0 Å². The zero-order valence-electron chi connectivity index (χ0n) is 15.5. The second kappa shape index (κ2) is 8.36. The number of rotatable bonds is 7. The molecule has 0 bridgehead atoms. The van der Waals surface area contributed by atoms with E-state index in [0.29, 0.717) is 30.2 Å². The number of anilines is 2. The molecule has 0 fully saturated rings. The summed E-state index contributed by atoms with van der Waals surface area (Å²) in [4.78, 5) is 16.2. The van der Waals surface area contributed by atoms with Crippen LogP contribution in [0, 0.1) is 0 Å². The lowest BCUT2D eigenvalue weighted by Crippen LogP contribution is -2.11. The first kappa shape index (κ1) is 19.0. The fourth-order valence-corrected chi connectivity index (χ4v) is 3.44. The smallest absolute Gasteiger partial charge is 0.248 e. The van der Waals surface area contributed by atoms with Crippen molar-refractivity contribution in [3.63, 3.8) is 0 Å². The fraction of sp³-hybridized carbons (Fsp3) is 0.0909. The SMILES string of the molecule is NC(=O)c1ccc2c(c1)nc(Nc1ccccc1Br)n2CCOc1ccccc1. The van der Waals surface area contributed by atoms with Gasteiger partial charge in [-0.3, -0.25) is 4.79 Å². The van der Waals surface area contributed by atoms with Crippen LogP contribution in [0.15, 0.2) is 77.3 Å². The molecular weight excluding hydrogens is 432 g/mol. The minimum Gasteiger partial charge on any atom is -0.492 e. The first-order valence-corrected chi connectivity index (χ1v) is 9.90. The van der Waals surface area contributed by atoms with Crippen LogP contribution in [0.5, 0.6) is 5.75 Å². The van der Waals surface area contributed by atoms with Crippen LogP contribution < -0.4 is 15.8 Å². The number of aromatic nitrogens is 2. The molecule has 0 atom stereocenters. The highest BCUT2D eigenvalue weighted by atomic mass is 79.9. The molecule has 1 amide bonds. The number of nitrogens with one attached hydrogen (secondary N) is 1. The third-order valence-electron chi connectivity index (χ3n) is 4.48. The average Bonchev–Trinajstić information content (AvgIpc) is 3.07. The third kappa shape index (κ3) is 4.25. The number of fused-ring (bicyclic) bond motifs is 1. The van der Waals surface area contributed by atoms with Crippen LogP contribution in [-0.2, 0) is 6.54 Å². The van der Waals surface area contributed by atoms with Gasteiger partial charge in [-0.05, 0) is 58.4 Å². The maximum absolute atomic E-state index is 11.5. The zero-order valence-corrected chi connectivity index (χ0v) is 17.1. The average molecular weight is 451 g/mol. The number of ether oxygens (including phenoxy) is 1. The normalized spacial score (nSPS) is 10.8. The summed E-state index contributed by atoms with van der Waals surface area (Å²) in [6.07, 6.45) is 0. The van der Waals surface area contributed by atoms with Crippen molar-refractivity contribution in [1.82, 2.24) is 9.55 Å². The molecule has 146 valence electrons. The van der Waals surface area contributed by atoms with Crippen molar-refractivity contribution < 1.29 is 9.53 Å². The van der Waals surface area contributed by atoms with E-state index in [1.54, 1.807) is 12.1 Å². The maximum atomic E-state index is 11.5. The molecule has 29 heavy (non-hydrogen) atoms. The Balaban J connectivity index is 1.66. The Kier molecular flexibility index (Phi) is 5.48. The molecule has 0 saturated heterocycles. The van der Waals surface area contributed by atoms with E-state index in [2.05, 4.69) is 26.2 Å². The van der Waals surface area contributed by atoms with Crippen molar-refractivity contribution in [1.29, 1.82) is 0 Å². The summed E-state index contributed by atoms with van der Waals surface area (Å²) in [6.45, 7) is 1.05. The Labute approximate surface area is 176 Å². The topological polar surface area (TPSA) is 82.2 Å². The van der Waals surface area contributed by atoms with E-state index in [1.807, 2.05) is 65.2 Å². The van der Waals surface area contributed by atoms with E-state index < -0.39 is 5.91 Å². The van der Waals surface area contributed by atoms with Crippen LogP contribution in [0.25, 0.3) is 11.0 Å². The molecule has 3 N–H and O–H groups in total. The fourth-order valence-electron chi connectivity index (χ4n) is 3.06. The van der Waals surface area contributed by atoms with Gasteiger partial charge in [0.05, 0.1) is 23.3 Å². The van der Waals surface area contributed by atoms with Crippen LogP contribution in [0.1, 0.15) is 10.4 Å². The maximum Gasteiger partial charge on any atom is 0.248 e. The predicted octanol–water partition coefficient (Wildman–Crippen LogP) is 4.72. The molecule has 1 aromatic heterocycles. The van der Waals surface area contributed by atoms with Crippen LogP contribution >= 0.6 is 15.9 Å². The zero-order chi connectivity index (χ0) is 20.2. The van der Waals surface area contributed by atoms with Gasteiger partial charge in [0.15, 0.2) is 0 Å². The molecule has 4 rings (SSSR count). The predicted molar refractivity (Wildman–Crippen MR) is 118 cm³/mol. The Bertz CT molecular complexity index is 1160. The number of hydrogen-bond acceptors (Lipinski definition) is 4. The molecule has 0 unspecified atom stereocenters. The number of imidazole rings is 1. The van der Waals surface area contributed by atoms with Crippen LogP contribution in [0.4, 0.5) is 11.6 Å². The highest BCUT2D eigenvalue weighted by Gasteiger charge is 2.14. The lowest BCUT2D eigenvalue weighted by atomic mass is 10.2. The molecule has 0 aliphatic carbocycles. The summed E-state index contributed by atoms with van der Waals surface area (Å²) >= 11 is 3.55. The molecule has 3 aromatic carbocycles. The minimum atomic E-state index is -0.478. The number of nitrogens with zero attached hydrogens (tertiary/aromatic N) is 2. The van der Waals surface area contributed by atoms with Crippen LogP contribution in [0.3, 0.4) is 0 Å². The Morgan fingerprint density at radius 2 is 1.83 bits per heavy atom. The second-order valence-electron chi connectivity index (χ2n) is 6.42. The number of carbonyl (C=O) groups excluding carboxylic acids is 1. The molecule has 1 heterocycles. The summed E-state index contributed by atoms with van der Waals surface area (Å²) in [5.74, 6) is 0.993. The van der Waals surface area contributed by atoms with Crippen molar-refractivity contribution in [3.05, 3.63) is 82.8 Å². The quantitative estimate of drug-likeness (QED) is 0.426. The van der Waals surface area contributed by atoms with Gasteiger partial charge in [-0.1, -0.05) is 30.3 Å². The summed E-state index contributed by atoms with van der Waals surface area (Å²) in [7, 11) is 0. The van der Waals surface area contributed by atoms with E-state index in [9.17, 15) is 4.79 Å². The molecular formula is C22H19BrN4O2. The van der Waals surface area contributed by atoms with Crippen LogP contribution in [0.2, 0.25) is 0 Å². The van der Waals surface area contributed by atoms with Crippen molar-refractivity contribution in [2.45, 2.75) is 6.54 Å². The largest absolute Gasteiger partial charge is 0.492 e. The Morgan fingerprint density at radius 1 is 1.07 bits per heavy atom.